The van der Waals surface area contributed by atoms with Gasteiger partial charge in [-0.3, -0.25) is 4.98 Å². The standard InChI is InChI=1S/C22H26N6O3/c1-23-22(29)28-10-11-30-17(13-28)14-31-21-20-19(24-8-9-25-20)12-18(26-21)15-4-6-16(7-5-15)27(2)3/h4-9,12,17H,10-11,13-14H2,1-3H3,(H,23,29). The lowest BCUT2D eigenvalue weighted by Crippen LogP contribution is -2.50. The van der Waals surface area contributed by atoms with Crippen molar-refractivity contribution < 1.29 is 14.3 Å². The van der Waals surface area contributed by atoms with Gasteiger partial charge in [0.05, 0.1) is 24.4 Å². The van der Waals surface area contributed by atoms with Gasteiger partial charge in [-0.1, -0.05) is 12.1 Å². The second-order valence-corrected chi connectivity index (χ2v) is 7.48. The van der Waals surface area contributed by atoms with E-state index in [0.29, 0.717) is 36.6 Å². The summed E-state index contributed by atoms with van der Waals surface area (Å²) in [6.45, 7) is 1.74. The van der Waals surface area contributed by atoms with Gasteiger partial charge in [0.25, 0.3) is 0 Å². The number of benzene rings is 1. The van der Waals surface area contributed by atoms with Crippen LogP contribution in [-0.2, 0) is 4.74 Å². The molecule has 9 nitrogen and oxygen atoms in total. The molecule has 1 fully saturated rings. The Morgan fingerprint density at radius 2 is 2.03 bits per heavy atom. The minimum Gasteiger partial charge on any atom is -0.473 e. The number of anilines is 1. The normalized spacial score (nSPS) is 16.2. The van der Waals surface area contributed by atoms with Gasteiger partial charge in [0, 0.05) is 51.3 Å². The second-order valence-electron chi connectivity index (χ2n) is 7.48. The predicted octanol–water partition coefficient (Wildman–Crippen LogP) is 2.18. The van der Waals surface area contributed by atoms with Crippen LogP contribution in [0, 0.1) is 0 Å². The molecule has 0 aliphatic carbocycles. The highest BCUT2D eigenvalue weighted by molar-refractivity contribution is 5.83. The van der Waals surface area contributed by atoms with Crippen molar-refractivity contribution in [3.8, 4) is 17.1 Å². The number of nitrogens with one attached hydrogen (secondary N) is 1. The lowest BCUT2D eigenvalue weighted by atomic mass is 10.1. The van der Waals surface area contributed by atoms with Crippen LogP contribution in [0.15, 0.2) is 42.7 Å². The molecule has 9 heteroatoms. The van der Waals surface area contributed by atoms with Gasteiger partial charge >= 0.3 is 6.03 Å². The van der Waals surface area contributed by atoms with Crippen LogP contribution in [0.4, 0.5) is 10.5 Å². The topological polar surface area (TPSA) is 92.7 Å². The van der Waals surface area contributed by atoms with Gasteiger partial charge in [-0.25, -0.2) is 14.8 Å². The number of aromatic nitrogens is 3. The number of nitrogens with zero attached hydrogens (tertiary/aromatic N) is 5. The molecule has 1 saturated heterocycles. The van der Waals surface area contributed by atoms with E-state index in [2.05, 4.69) is 15.3 Å². The first-order valence-electron chi connectivity index (χ1n) is 10.2. The summed E-state index contributed by atoms with van der Waals surface area (Å²) in [4.78, 5) is 29.2. The number of amides is 2. The third-order valence-corrected chi connectivity index (χ3v) is 5.15. The summed E-state index contributed by atoms with van der Waals surface area (Å²) < 4.78 is 11.8. The molecule has 1 atom stereocenters. The lowest BCUT2D eigenvalue weighted by molar-refractivity contribution is -0.0354. The molecule has 1 aliphatic rings. The zero-order valence-electron chi connectivity index (χ0n) is 17.9. The number of carbonyl (C=O) groups is 1. The van der Waals surface area contributed by atoms with Crippen LogP contribution >= 0.6 is 0 Å². The molecule has 0 radical (unpaired) electrons. The van der Waals surface area contributed by atoms with Crippen LogP contribution in [0.1, 0.15) is 0 Å². The Balaban J connectivity index is 1.57. The van der Waals surface area contributed by atoms with Gasteiger partial charge in [0.2, 0.25) is 5.88 Å². The number of hydrogen-bond donors (Lipinski definition) is 1. The molecule has 31 heavy (non-hydrogen) atoms. The Bertz CT molecular complexity index is 1060. The highest BCUT2D eigenvalue weighted by Crippen LogP contribution is 2.28. The van der Waals surface area contributed by atoms with Crippen molar-refractivity contribution in [2.45, 2.75) is 6.10 Å². The van der Waals surface area contributed by atoms with Gasteiger partial charge in [-0.05, 0) is 18.2 Å². The van der Waals surface area contributed by atoms with Crippen molar-refractivity contribution in [1.82, 2.24) is 25.2 Å². The van der Waals surface area contributed by atoms with E-state index in [9.17, 15) is 4.79 Å². The molecule has 1 aliphatic heterocycles. The minimum absolute atomic E-state index is 0.120. The number of morpholine rings is 1. The molecular formula is C22H26N6O3. The van der Waals surface area contributed by atoms with Crippen LogP contribution in [0.3, 0.4) is 0 Å². The van der Waals surface area contributed by atoms with Crippen LogP contribution < -0.4 is 15.0 Å². The number of fused-ring (bicyclic) bond motifs is 1. The van der Waals surface area contributed by atoms with Crippen molar-refractivity contribution in [2.24, 2.45) is 0 Å². The summed E-state index contributed by atoms with van der Waals surface area (Å²) in [5.74, 6) is 0.401. The van der Waals surface area contributed by atoms with Crippen molar-refractivity contribution >= 4 is 22.8 Å². The van der Waals surface area contributed by atoms with Crippen LogP contribution in [0.2, 0.25) is 0 Å². The third kappa shape index (κ3) is 4.66. The van der Waals surface area contributed by atoms with Gasteiger partial charge in [-0.2, -0.15) is 0 Å². The Kier molecular flexibility index (Phi) is 6.13. The number of carbonyl (C=O) groups excluding carboxylic acids is 1. The summed E-state index contributed by atoms with van der Waals surface area (Å²) in [7, 11) is 5.63. The number of urea groups is 1. The first-order valence-corrected chi connectivity index (χ1v) is 10.2. The number of pyridine rings is 1. The maximum Gasteiger partial charge on any atom is 0.317 e. The Morgan fingerprint density at radius 1 is 1.26 bits per heavy atom. The summed E-state index contributed by atoms with van der Waals surface area (Å²) in [5, 5.41) is 2.65. The largest absolute Gasteiger partial charge is 0.473 e. The summed E-state index contributed by atoms with van der Waals surface area (Å²) >= 11 is 0. The summed E-state index contributed by atoms with van der Waals surface area (Å²) in [5.41, 5.74) is 4.12. The third-order valence-electron chi connectivity index (χ3n) is 5.15. The zero-order chi connectivity index (χ0) is 21.8. The van der Waals surface area contributed by atoms with Crippen LogP contribution in [0.5, 0.6) is 5.88 Å². The van der Waals surface area contributed by atoms with Gasteiger partial charge in [-0.15, -0.1) is 0 Å². The highest BCUT2D eigenvalue weighted by atomic mass is 16.5. The monoisotopic (exact) mass is 422 g/mol. The van der Waals surface area contributed by atoms with E-state index in [-0.39, 0.29) is 18.7 Å². The van der Waals surface area contributed by atoms with Crippen LogP contribution in [-0.4, -0.2) is 79.4 Å². The van der Waals surface area contributed by atoms with E-state index >= 15 is 0 Å². The van der Waals surface area contributed by atoms with Gasteiger partial charge < -0.3 is 24.6 Å². The van der Waals surface area contributed by atoms with Crippen molar-refractivity contribution in [3.63, 3.8) is 0 Å². The zero-order valence-corrected chi connectivity index (χ0v) is 17.9. The fraction of sp³-hybridized carbons (Fsp3) is 0.364. The summed E-state index contributed by atoms with van der Waals surface area (Å²) in [6.07, 6.45) is 3.02. The van der Waals surface area contributed by atoms with E-state index in [1.807, 2.05) is 49.3 Å². The van der Waals surface area contributed by atoms with Gasteiger partial charge in [0.1, 0.15) is 12.7 Å². The predicted molar refractivity (Wildman–Crippen MR) is 118 cm³/mol. The molecule has 2 amide bonds. The second kappa shape index (κ2) is 9.13. The summed E-state index contributed by atoms with van der Waals surface area (Å²) in [6, 6.07) is 9.92. The molecule has 4 rings (SSSR count). The fourth-order valence-corrected chi connectivity index (χ4v) is 3.46. The molecule has 1 unspecified atom stereocenters. The Labute approximate surface area is 181 Å². The van der Waals surface area contributed by atoms with E-state index < -0.39 is 0 Å². The van der Waals surface area contributed by atoms with Crippen molar-refractivity contribution in [2.75, 3.05) is 52.3 Å². The maximum atomic E-state index is 11.9. The SMILES string of the molecule is CNC(=O)N1CCOC(COc2nc(-c3ccc(N(C)C)cc3)cc3nccnc23)C1. The first kappa shape index (κ1) is 20.8. The van der Waals surface area contributed by atoms with Crippen molar-refractivity contribution in [3.05, 3.63) is 42.7 Å². The van der Waals surface area contributed by atoms with E-state index in [4.69, 9.17) is 14.5 Å². The Hall–Kier alpha value is -3.46. The lowest BCUT2D eigenvalue weighted by Gasteiger charge is -2.32. The smallest absolute Gasteiger partial charge is 0.317 e. The number of rotatable bonds is 5. The van der Waals surface area contributed by atoms with Crippen molar-refractivity contribution in [1.29, 1.82) is 0 Å². The maximum absolute atomic E-state index is 11.9. The molecule has 162 valence electrons. The molecule has 3 heterocycles. The first-order chi connectivity index (χ1) is 15.0. The molecule has 0 bridgehead atoms. The number of ether oxygens (including phenoxy) is 2. The van der Waals surface area contributed by atoms with E-state index in [1.165, 1.54) is 0 Å². The quantitative estimate of drug-likeness (QED) is 0.674. The fourth-order valence-electron chi connectivity index (χ4n) is 3.46. The average molecular weight is 422 g/mol. The molecule has 2 aromatic heterocycles. The molecule has 3 aromatic rings. The molecule has 0 saturated carbocycles. The number of hydrogen-bond acceptors (Lipinski definition) is 7. The average Bonchev–Trinajstić information content (AvgIpc) is 2.82. The molecule has 1 N–H and O–H groups in total. The Morgan fingerprint density at radius 3 is 2.77 bits per heavy atom. The van der Waals surface area contributed by atoms with Gasteiger partial charge in [0.15, 0.2) is 5.52 Å². The molecular weight excluding hydrogens is 396 g/mol. The van der Waals surface area contributed by atoms with Crippen LogP contribution in [0.25, 0.3) is 22.3 Å². The van der Waals surface area contributed by atoms with E-state index in [1.54, 1.807) is 24.3 Å². The highest BCUT2D eigenvalue weighted by Gasteiger charge is 2.24. The minimum atomic E-state index is -0.248. The molecule has 0 spiro atoms. The molecule has 1 aromatic carbocycles. The van der Waals surface area contributed by atoms with E-state index in [0.717, 1.165) is 16.9 Å².